The molecule has 0 aliphatic rings. The zero-order valence-electron chi connectivity index (χ0n) is 9.45. The largest absolute Gasteiger partial charge is 0.397 e. The quantitative estimate of drug-likeness (QED) is 0.405. The van der Waals surface area contributed by atoms with Crippen LogP contribution in [0.4, 0.5) is 5.69 Å². The lowest BCUT2D eigenvalue weighted by atomic mass is 10.2. The van der Waals surface area contributed by atoms with Gasteiger partial charge in [-0.1, -0.05) is 23.7 Å². The van der Waals surface area contributed by atoms with Crippen LogP contribution < -0.4 is 5.73 Å². The summed E-state index contributed by atoms with van der Waals surface area (Å²) < 4.78 is 2.63. The minimum Gasteiger partial charge on any atom is -0.397 e. The number of rotatable bonds is 1. The molecule has 0 saturated carbocycles. The Hall–Kier alpha value is -0.620. The van der Waals surface area contributed by atoms with Crippen molar-refractivity contribution in [3.05, 3.63) is 44.3 Å². The molecule has 6 heteroatoms. The summed E-state index contributed by atoms with van der Waals surface area (Å²) in [5.74, 6) is 0. The standard InChI is InChI=1S/C13H7Br2ClN2S/c14-7-5-6(11(16)10(15)12(7)17)13-18-8-3-1-2-4-9(8)19-13/h1-5H,17H2. The number of hydrogen-bond acceptors (Lipinski definition) is 3. The Morgan fingerprint density at radius 3 is 2.68 bits per heavy atom. The van der Waals surface area contributed by atoms with E-state index in [2.05, 4.69) is 36.8 Å². The average molecular weight is 419 g/mol. The summed E-state index contributed by atoms with van der Waals surface area (Å²) in [6.07, 6.45) is 0. The van der Waals surface area contributed by atoms with Crippen molar-refractivity contribution in [2.75, 3.05) is 5.73 Å². The number of anilines is 1. The fourth-order valence-electron chi connectivity index (χ4n) is 1.75. The monoisotopic (exact) mass is 416 g/mol. The van der Waals surface area contributed by atoms with Crippen LogP contribution in [0, 0.1) is 0 Å². The molecule has 0 radical (unpaired) electrons. The molecule has 0 spiro atoms. The van der Waals surface area contributed by atoms with E-state index < -0.39 is 0 Å². The van der Waals surface area contributed by atoms with E-state index in [1.807, 2.05) is 30.3 Å². The Morgan fingerprint density at radius 1 is 1.21 bits per heavy atom. The molecule has 0 bridgehead atoms. The second-order valence-corrected chi connectivity index (χ2v) is 6.99. The maximum atomic E-state index is 6.35. The van der Waals surface area contributed by atoms with E-state index in [4.69, 9.17) is 17.3 Å². The third-order valence-corrected chi connectivity index (χ3v) is 5.89. The molecule has 2 nitrogen and oxygen atoms in total. The number of nitrogens with zero attached hydrogens (tertiary/aromatic N) is 1. The summed E-state index contributed by atoms with van der Waals surface area (Å²) in [6, 6.07) is 9.92. The van der Waals surface area contributed by atoms with Gasteiger partial charge >= 0.3 is 0 Å². The predicted molar refractivity (Wildman–Crippen MR) is 89.9 cm³/mol. The van der Waals surface area contributed by atoms with E-state index in [1.165, 1.54) is 0 Å². The van der Waals surface area contributed by atoms with Crippen molar-refractivity contribution in [2.24, 2.45) is 0 Å². The molecule has 2 N–H and O–H groups in total. The molecular weight excluding hydrogens is 411 g/mol. The topological polar surface area (TPSA) is 38.9 Å². The van der Waals surface area contributed by atoms with Gasteiger partial charge in [-0.2, -0.15) is 0 Å². The van der Waals surface area contributed by atoms with Crippen molar-refractivity contribution in [3.8, 4) is 10.6 Å². The van der Waals surface area contributed by atoms with Crippen LogP contribution in [0.1, 0.15) is 0 Å². The Morgan fingerprint density at radius 2 is 1.95 bits per heavy atom. The van der Waals surface area contributed by atoms with Crippen molar-refractivity contribution in [2.45, 2.75) is 0 Å². The molecule has 1 heterocycles. The van der Waals surface area contributed by atoms with E-state index in [0.717, 1.165) is 25.3 Å². The smallest absolute Gasteiger partial charge is 0.126 e. The minimum atomic E-state index is 0.583. The molecule has 0 atom stereocenters. The van der Waals surface area contributed by atoms with Gasteiger partial charge in [0.25, 0.3) is 0 Å². The van der Waals surface area contributed by atoms with Crippen LogP contribution in [0.3, 0.4) is 0 Å². The number of aromatic nitrogens is 1. The molecule has 0 fully saturated rings. The van der Waals surface area contributed by atoms with Gasteiger partial charge in [-0.05, 0) is 50.1 Å². The summed E-state index contributed by atoms with van der Waals surface area (Å²) in [7, 11) is 0. The van der Waals surface area contributed by atoms with Gasteiger partial charge in [-0.25, -0.2) is 4.98 Å². The van der Waals surface area contributed by atoms with Crippen molar-refractivity contribution in [1.82, 2.24) is 4.98 Å². The zero-order valence-corrected chi connectivity index (χ0v) is 14.2. The summed E-state index contributed by atoms with van der Waals surface area (Å²) >= 11 is 14.8. The number of para-hydroxylation sites is 1. The number of thiazole rings is 1. The van der Waals surface area contributed by atoms with E-state index in [1.54, 1.807) is 11.3 Å². The SMILES string of the molecule is Nc1c(Br)cc(-c2nc3ccccc3s2)c(Cl)c1Br. The summed E-state index contributed by atoms with van der Waals surface area (Å²) in [4.78, 5) is 4.61. The van der Waals surface area contributed by atoms with E-state index >= 15 is 0 Å². The van der Waals surface area contributed by atoms with Gasteiger partial charge < -0.3 is 5.73 Å². The molecule has 0 aliphatic carbocycles. The first-order valence-electron chi connectivity index (χ1n) is 5.37. The van der Waals surface area contributed by atoms with Crippen LogP contribution in [-0.2, 0) is 0 Å². The highest BCUT2D eigenvalue weighted by molar-refractivity contribution is 9.11. The molecule has 1 aromatic heterocycles. The van der Waals surface area contributed by atoms with E-state index in [-0.39, 0.29) is 0 Å². The normalized spacial score (nSPS) is 11.1. The number of nitrogen functional groups attached to an aromatic ring is 1. The number of benzene rings is 2. The Bertz CT molecular complexity index is 753. The Labute approximate surface area is 135 Å². The third-order valence-electron chi connectivity index (χ3n) is 2.72. The molecule has 96 valence electrons. The highest BCUT2D eigenvalue weighted by Crippen LogP contribution is 2.43. The van der Waals surface area contributed by atoms with Gasteiger partial charge in [-0.15, -0.1) is 11.3 Å². The van der Waals surface area contributed by atoms with Gasteiger partial charge in [0, 0.05) is 10.0 Å². The minimum absolute atomic E-state index is 0.583. The van der Waals surface area contributed by atoms with Crippen LogP contribution in [-0.4, -0.2) is 4.98 Å². The predicted octanol–water partition coefficient (Wildman–Crippen LogP) is 5.72. The number of fused-ring (bicyclic) bond motifs is 1. The van der Waals surface area contributed by atoms with Crippen molar-refractivity contribution in [3.63, 3.8) is 0 Å². The van der Waals surface area contributed by atoms with Gasteiger partial charge in [-0.3, -0.25) is 0 Å². The Balaban J connectivity index is 2.27. The van der Waals surface area contributed by atoms with Crippen molar-refractivity contribution >= 4 is 70.7 Å². The first kappa shape index (κ1) is 13.4. The van der Waals surface area contributed by atoms with E-state index in [9.17, 15) is 0 Å². The maximum absolute atomic E-state index is 6.35. The second kappa shape index (κ2) is 5.05. The first-order chi connectivity index (χ1) is 9.08. The van der Waals surface area contributed by atoms with Crippen molar-refractivity contribution < 1.29 is 0 Å². The number of nitrogens with two attached hydrogens (primary N) is 1. The van der Waals surface area contributed by atoms with Gasteiger partial charge in [0.1, 0.15) is 5.01 Å². The van der Waals surface area contributed by atoms with E-state index in [0.29, 0.717) is 15.2 Å². The van der Waals surface area contributed by atoms with Crippen LogP contribution in [0.15, 0.2) is 39.3 Å². The number of halogens is 3. The fourth-order valence-corrected chi connectivity index (χ4v) is 4.16. The summed E-state index contributed by atoms with van der Waals surface area (Å²) in [5, 5.41) is 1.47. The first-order valence-corrected chi connectivity index (χ1v) is 8.15. The average Bonchev–Trinajstić information content (AvgIpc) is 2.84. The lowest BCUT2D eigenvalue weighted by Crippen LogP contribution is -1.91. The molecule has 0 saturated heterocycles. The van der Waals surface area contributed by atoms with Crippen LogP contribution in [0.25, 0.3) is 20.8 Å². The second-order valence-electron chi connectivity index (χ2n) is 3.93. The molecular formula is C13H7Br2ClN2S. The summed E-state index contributed by atoms with van der Waals surface area (Å²) in [5.41, 5.74) is 8.35. The van der Waals surface area contributed by atoms with Crippen LogP contribution >= 0.6 is 54.8 Å². The molecule has 0 unspecified atom stereocenters. The highest BCUT2D eigenvalue weighted by Gasteiger charge is 2.16. The number of hydrogen-bond donors (Lipinski definition) is 1. The van der Waals surface area contributed by atoms with Crippen molar-refractivity contribution in [1.29, 1.82) is 0 Å². The molecule has 3 rings (SSSR count). The lowest BCUT2D eigenvalue weighted by molar-refractivity contribution is 1.46. The zero-order chi connectivity index (χ0) is 13.6. The highest BCUT2D eigenvalue weighted by atomic mass is 79.9. The van der Waals surface area contributed by atoms with Gasteiger partial charge in [0.05, 0.1) is 25.4 Å². The fraction of sp³-hybridized carbons (Fsp3) is 0. The van der Waals surface area contributed by atoms with Crippen LogP contribution in [0.5, 0.6) is 0 Å². The molecule has 3 aromatic rings. The molecule has 19 heavy (non-hydrogen) atoms. The summed E-state index contributed by atoms with van der Waals surface area (Å²) in [6.45, 7) is 0. The Kier molecular flexibility index (Phi) is 3.55. The lowest BCUT2D eigenvalue weighted by Gasteiger charge is -2.08. The molecule has 2 aromatic carbocycles. The molecule has 0 aliphatic heterocycles. The maximum Gasteiger partial charge on any atom is 0.126 e. The van der Waals surface area contributed by atoms with Crippen LogP contribution in [0.2, 0.25) is 5.02 Å². The third kappa shape index (κ3) is 2.29. The molecule has 0 amide bonds. The van der Waals surface area contributed by atoms with Gasteiger partial charge in [0.15, 0.2) is 0 Å². The van der Waals surface area contributed by atoms with Gasteiger partial charge in [0.2, 0.25) is 0 Å².